The van der Waals surface area contributed by atoms with E-state index in [4.69, 9.17) is 9.47 Å². The van der Waals surface area contributed by atoms with Crippen LogP contribution >= 0.6 is 0 Å². The summed E-state index contributed by atoms with van der Waals surface area (Å²) in [5.74, 6) is -0.927. The highest BCUT2D eigenvalue weighted by molar-refractivity contribution is 7.90. The second-order valence-electron chi connectivity index (χ2n) is 6.90. The predicted molar refractivity (Wildman–Crippen MR) is 100 cm³/mol. The molecule has 2 aliphatic rings. The van der Waals surface area contributed by atoms with Crippen LogP contribution in [0.5, 0.6) is 0 Å². The van der Waals surface area contributed by atoms with E-state index in [2.05, 4.69) is 9.71 Å². The van der Waals surface area contributed by atoms with Gasteiger partial charge in [0.25, 0.3) is 15.9 Å². The van der Waals surface area contributed by atoms with Crippen molar-refractivity contribution in [3.63, 3.8) is 0 Å². The molecule has 3 unspecified atom stereocenters. The minimum atomic E-state index is -3.67. The number of sulfonamides is 1. The summed E-state index contributed by atoms with van der Waals surface area (Å²) >= 11 is 0. The number of rotatable bonds is 4. The van der Waals surface area contributed by atoms with E-state index in [0.717, 1.165) is 0 Å². The van der Waals surface area contributed by atoms with Crippen LogP contribution < -0.4 is 4.72 Å². The largest absolute Gasteiger partial charge is 0.451 e. The molecule has 0 saturated carbocycles. The van der Waals surface area contributed by atoms with Gasteiger partial charge in [-0.3, -0.25) is 19.3 Å². The number of carbonyl (C=O) groups excluding carboxylic acids is 2. The predicted octanol–water partition coefficient (Wildman–Crippen LogP) is 0.293. The number of carbonyl (C=O) groups is 2. The van der Waals surface area contributed by atoms with Gasteiger partial charge < -0.3 is 14.4 Å². The Kier molecular flexibility index (Phi) is 5.71. The van der Waals surface area contributed by atoms with E-state index in [9.17, 15) is 18.0 Å². The van der Waals surface area contributed by atoms with Crippen LogP contribution in [0.15, 0.2) is 34.2 Å². The number of nitrogens with zero attached hydrogens (tertiary/aromatic N) is 2. The van der Waals surface area contributed by atoms with Gasteiger partial charge in [0.2, 0.25) is 0 Å². The second-order valence-corrected chi connectivity index (χ2v) is 8.55. The first-order valence-corrected chi connectivity index (χ1v) is 10.5. The van der Waals surface area contributed by atoms with Gasteiger partial charge in [-0.15, -0.1) is 0 Å². The average Bonchev–Trinajstić information content (AvgIpc) is 2.89. The van der Waals surface area contributed by atoms with E-state index in [1.54, 1.807) is 23.1 Å². The highest BCUT2D eigenvalue weighted by Crippen LogP contribution is 2.22. The molecule has 28 heavy (non-hydrogen) atoms. The maximum absolute atomic E-state index is 12.5. The summed E-state index contributed by atoms with van der Waals surface area (Å²) in [6.07, 6.45) is -1.13. The molecule has 0 bridgehead atoms. The number of ether oxygens (including phenoxy) is 2. The van der Waals surface area contributed by atoms with Crippen LogP contribution in [0.3, 0.4) is 0 Å². The Morgan fingerprint density at radius 1 is 1.29 bits per heavy atom. The van der Waals surface area contributed by atoms with Gasteiger partial charge in [0.15, 0.2) is 6.10 Å². The number of esters is 1. The summed E-state index contributed by atoms with van der Waals surface area (Å²) in [5, 5.41) is 0. The fraction of sp³-hybridized carbons (Fsp3) is 0.500. The molecule has 0 radical (unpaired) electrons. The van der Waals surface area contributed by atoms with Crippen molar-refractivity contribution in [3.05, 3.63) is 29.8 Å². The molecule has 1 fully saturated rings. The smallest absolute Gasteiger partial charge is 0.328 e. The molecule has 1 saturated heterocycles. The fourth-order valence-electron chi connectivity index (χ4n) is 3.29. The van der Waals surface area contributed by atoms with Crippen molar-refractivity contribution >= 4 is 27.7 Å². The number of nitrogens with one attached hydrogen (secondary N) is 1. The van der Waals surface area contributed by atoms with Gasteiger partial charge in [0, 0.05) is 18.7 Å². The number of hydrogen-bond donors (Lipinski definition) is 1. The average molecular weight is 409 g/mol. The second kappa shape index (κ2) is 7.88. The molecule has 1 aromatic rings. The maximum Gasteiger partial charge on any atom is 0.328 e. The Morgan fingerprint density at radius 2 is 1.93 bits per heavy atom. The van der Waals surface area contributed by atoms with E-state index < -0.39 is 28.6 Å². The SMILES string of the molecule is CC1CN(C(=O)C(C)OC(=O)CN=C2NS(=O)(=O)c3ccccc32)CC(C)O1. The maximum atomic E-state index is 12.5. The number of aliphatic imine (C=N–C) groups is 1. The minimum Gasteiger partial charge on any atom is -0.451 e. The Balaban J connectivity index is 1.60. The fourth-order valence-corrected chi connectivity index (χ4v) is 4.55. The molecule has 1 amide bonds. The summed E-state index contributed by atoms with van der Waals surface area (Å²) < 4.78 is 37.2. The van der Waals surface area contributed by atoms with Crippen LogP contribution in [0.1, 0.15) is 26.3 Å². The van der Waals surface area contributed by atoms with Crippen molar-refractivity contribution in [1.29, 1.82) is 0 Å². The Morgan fingerprint density at radius 3 is 2.61 bits per heavy atom. The lowest BCUT2D eigenvalue weighted by Crippen LogP contribution is -2.51. The molecule has 10 heteroatoms. The van der Waals surface area contributed by atoms with Gasteiger partial charge in [-0.25, -0.2) is 8.42 Å². The van der Waals surface area contributed by atoms with Crippen LogP contribution in [-0.2, 0) is 29.1 Å². The van der Waals surface area contributed by atoms with E-state index in [1.807, 2.05) is 13.8 Å². The lowest BCUT2D eigenvalue weighted by molar-refractivity contribution is -0.163. The van der Waals surface area contributed by atoms with Gasteiger partial charge in [-0.05, 0) is 32.9 Å². The van der Waals surface area contributed by atoms with Crippen molar-refractivity contribution < 1.29 is 27.5 Å². The van der Waals surface area contributed by atoms with Crippen LogP contribution in [-0.4, -0.2) is 69.0 Å². The standard InChI is InChI=1S/C18H23N3O6S/c1-11-9-21(10-12(2)26-11)18(23)13(3)27-16(22)8-19-17-14-6-4-5-7-15(14)28(24,25)20-17/h4-7,11-13H,8-10H2,1-3H3,(H,19,20). The van der Waals surface area contributed by atoms with Crippen LogP contribution in [0, 0.1) is 0 Å². The molecular weight excluding hydrogens is 386 g/mol. The van der Waals surface area contributed by atoms with Crippen molar-refractivity contribution in [1.82, 2.24) is 9.62 Å². The topological polar surface area (TPSA) is 114 Å². The zero-order valence-electron chi connectivity index (χ0n) is 15.9. The highest BCUT2D eigenvalue weighted by Gasteiger charge is 2.32. The van der Waals surface area contributed by atoms with Crippen molar-refractivity contribution in [2.24, 2.45) is 4.99 Å². The zero-order chi connectivity index (χ0) is 20.5. The molecular formula is C18H23N3O6S. The third-order valence-electron chi connectivity index (χ3n) is 4.42. The molecule has 0 aliphatic carbocycles. The number of morpholine rings is 1. The first-order chi connectivity index (χ1) is 13.2. The number of amides is 1. The molecule has 3 rings (SSSR count). The van der Waals surface area contributed by atoms with Gasteiger partial charge in [0.1, 0.15) is 12.4 Å². The number of amidine groups is 1. The first-order valence-electron chi connectivity index (χ1n) is 8.98. The molecule has 3 atom stereocenters. The quantitative estimate of drug-likeness (QED) is 0.715. The van der Waals surface area contributed by atoms with Crippen molar-refractivity contribution in [3.8, 4) is 0 Å². The minimum absolute atomic E-state index is 0.0855. The van der Waals surface area contributed by atoms with E-state index in [-0.39, 0.29) is 28.8 Å². The Bertz CT molecular complexity index is 904. The molecule has 1 aromatic carbocycles. The van der Waals surface area contributed by atoms with Crippen LogP contribution in [0.25, 0.3) is 0 Å². The molecule has 152 valence electrons. The molecule has 9 nitrogen and oxygen atoms in total. The molecule has 0 spiro atoms. The van der Waals surface area contributed by atoms with Crippen molar-refractivity contribution in [2.75, 3.05) is 19.6 Å². The normalized spacial score (nSPS) is 25.7. The summed E-state index contributed by atoms with van der Waals surface area (Å²) in [6.45, 7) is 5.73. The summed E-state index contributed by atoms with van der Waals surface area (Å²) in [7, 11) is -3.67. The van der Waals surface area contributed by atoms with Gasteiger partial charge in [-0.2, -0.15) is 0 Å². The van der Waals surface area contributed by atoms with E-state index in [0.29, 0.717) is 18.7 Å². The van der Waals surface area contributed by atoms with Gasteiger partial charge >= 0.3 is 5.97 Å². The van der Waals surface area contributed by atoms with Gasteiger partial charge in [-0.1, -0.05) is 12.1 Å². The molecule has 0 aromatic heterocycles. The third-order valence-corrected chi connectivity index (χ3v) is 5.81. The number of fused-ring (bicyclic) bond motifs is 1. The van der Waals surface area contributed by atoms with Crippen LogP contribution in [0.2, 0.25) is 0 Å². The van der Waals surface area contributed by atoms with Gasteiger partial charge in [0.05, 0.1) is 17.1 Å². The number of benzene rings is 1. The molecule has 2 aliphatic heterocycles. The number of hydrogen-bond acceptors (Lipinski definition) is 7. The van der Waals surface area contributed by atoms with Crippen LogP contribution in [0.4, 0.5) is 0 Å². The third kappa shape index (κ3) is 4.33. The molecule has 2 heterocycles. The monoisotopic (exact) mass is 409 g/mol. The highest BCUT2D eigenvalue weighted by atomic mass is 32.2. The summed E-state index contributed by atoms with van der Waals surface area (Å²) in [4.78, 5) is 30.3. The summed E-state index contributed by atoms with van der Waals surface area (Å²) in [6, 6.07) is 6.35. The van der Waals surface area contributed by atoms with Crippen molar-refractivity contribution in [2.45, 2.75) is 44.0 Å². The zero-order valence-corrected chi connectivity index (χ0v) is 16.7. The Hall–Kier alpha value is -2.46. The Labute approximate surface area is 163 Å². The van der Waals surface area contributed by atoms with E-state index >= 15 is 0 Å². The summed E-state index contributed by atoms with van der Waals surface area (Å²) in [5.41, 5.74) is 0.399. The van der Waals surface area contributed by atoms with E-state index in [1.165, 1.54) is 13.0 Å². The lowest BCUT2D eigenvalue weighted by Gasteiger charge is -2.36. The molecule has 1 N–H and O–H groups in total. The lowest BCUT2D eigenvalue weighted by atomic mass is 10.2. The first kappa shape index (κ1) is 20.3.